The van der Waals surface area contributed by atoms with Crippen molar-refractivity contribution in [2.24, 2.45) is 0 Å². The van der Waals surface area contributed by atoms with Crippen LogP contribution in [0.5, 0.6) is 0 Å². The highest BCUT2D eigenvalue weighted by molar-refractivity contribution is 7.15. The first-order valence-electron chi connectivity index (χ1n) is 4.48. The summed E-state index contributed by atoms with van der Waals surface area (Å²) in [6.07, 6.45) is 0. The first kappa shape index (κ1) is 10.2. The summed E-state index contributed by atoms with van der Waals surface area (Å²) in [4.78, 5) is 4.73. The van der Waals surface area contributed by atoms with Crippen molar-refractivity contribution in [3.8, 4) is 10.4 Å². The van der Waals surface area contributed by atoms with Gasteiger partial charge in [0.2, 0.25) is 0 Å². The summed E-state index contributed by atoms with van der Waals surface area (Å²) in [5, 5.41) is 0.810. The van der Waals surface area contributed by atoms with E-state index in [1.54, 1.807) is 6.92 Å². The van der Waals surface area contributed by atoms with Crippen molar-refractivity contribution in [1.29, 1.82) is 0 Å². The number of aryl methyl sites for hydroxylation is 2. The lowest BCUT2D eigenvalue weighted by atomic mass is 10.1. The topological polar surface area (TPSA) is 12.9 Å². The van der Waals surface area contributed by atoms with Crippen molar-refractivity contribution in [2.75, 3.05) is 0 Å². The molecule has 0 N–H and O–H groups in total. The van der Waals surface area contributed by atoms with E-state index in [9.17, 15) is 8.78 Å². The van der Waals surface area contributed by atoms with Crippen LogP contribution in [0.15, 0.2) is 18.2 Å². The first-order valence-corrected chi connectivity index (χ1v) is 5.29. The van der Waals surface area contributed by atoms with Gasteiger partial charge >= 0.3 is 0 Å². The predicted molar refractivity (Wildman–Crippen MR) is 56.9 cm³/mol. The molecule has 0 aliphatic carbocycles. The summed E-state index contributed by atoms with van der Waals surface area (Å²) >= 11 is 1.30. The van der Waals surface area contributed by atoms with E-state index in [-0.39, 0.29) is 5.56 Å². The number of rotatable bonds is 1. The van der Waals surface area contributed by atoms with Crippen LogP contribution < -0.4 is 0 Å². The number of thiazole rings is 1. The number of aromatic nitrogens is 1. The molecule has 0 spiro atoms. The lowest BCUT2D eigenvalue weighted by Crippen LogP contribution is -1.88. The number of nitrogens with zero attached hydrogens (tertiary/aromatic N) is 1. The monoisotopic (exact) mass is 225 g/mol. The van der Waals surface area contributed by atoms with Crippen LogP contribution in [0.3, 0.4) is 0 Å². The Labute approximate surface area is 90.4 Å². The van der Waals surface area contributed by atoms with Crippen molar-refractivity contribution >= 4 is 11.3 Å². The lowest BCUT2D eigenvalue weighted by Gasteiger charge is -2.02. The third-order valence-corrected chi connectivity index (χ3v) is 3.18. The largest absolute Gasteiger partial charge is 0.246 e. The molecular weight excluding hydrogens is 216 g/mol. The van der Waals surface area contributed by atoms with E-state index in [4.69, 9.17) is 0 Å². The zero-order chi connectivity index (χ0) is 11.0. The molecule has 1 aromatic heterocycles. The minimum absolute atomic E-state index is 0.0283. The van der Waals surface area contributed by atoms with Crippen LogP contribution in [0.4, 0.5) is 8.78 Å². The van der Waals surface area contributed by atoms with Gasteiger partial charge in [-0.05, 0) is 26.0 Å². The van der Waals surface area contributed by atoms with Crippen molar-refractivity contribution in [1.82, 2.24) is 4.98 Å². The third-order valence-electron chi connectivity index (χ3n) is 2.09. The maximum Gasteiger partial charge on any atom is 0.134 e. The van der Waals surface area contributed by atoms with Gasteiger partial charge in [0, 0.05) is 0 Å². The molecule has 4 heteroatoms. The van der Waals surface area contributed by atoms with E-state index in [0.29, 0.717) is 10.6 Å². The molecule has 0 aliphatic rings. The minimum Gasteiger partial charge on any atom is -0.246 e. The number of halogens is 2. The second-order valence-electron chi connectivity index (χ2n) is 3.24. The van der Waals surface area contributed by atoms with Gasteiger partial charge in [0.15, 0.2) is 0 Å². The summed E-state index contributed by atoms with van der Waals surface area (Å²) in [5.74, 6) is -1.08. The maximum absolute atomic E-state index is 13.5. The molecule has 0 radical (unpaired) electrons. The Morgan fingerprint density at radius 3 is 2.20 bits per heavy atom. The average Bonchev–Trinajstić information content (AvgIpc) is 2.45. The van der Waals surface area contributed by atoms with Gasteiger partial charge in [-0.25, -0.2) is 13.8 Å². The van der Waals surface area contributed by atoms with Gasteiger partial charge in [0.05, 0.1) is 21.1 Å². The van der Waals surface area contributed by atoms with Crippen LogP contribution in [-0.2, 0) is 0 Å². The quantitative estimate of drug-likeness (QED) is 0.721. The normalized spacial score (nSPS) is 10.7. The maximum atomic E-state index is 13.5. The average molecular weight is 225 g/mol. The van der Waals surface area contributed by atoms with E-state index >= 15 is 0 Å². The van der Waals surface area contributed by atoms with E-state index in [0.717, 1.165) is 5.01 Å². The smallest absolute Gasteiger partial charge is 0.134 e. The Morgan fingerprint density at radius 1 is 1.13 bits per heavy atom. The Hall–Kier alpha value is -1.29. The molecule has 0 atom stereocenters. The zero-order valence-corrected chi connectivity index (χ0v) is 9.16. The summed E-state index contributed by atoms with van der Waals surface area (Å²) in [5.41, 5.74) is 0.696. The van der Waals surface area contributed by atoms with Gasteiger partial charge in [-0.2, -0.15) is 0 Å². The highest BCUT2D eigenvalue weighted by atomic mass is 32.1. The highest BCUT2D eigenvalue weighted by Crippen LogP contribution is 2.33. The molecule has 0 saturated carbocycles. The van der Waals surface area contributed by atoms with Crippen LogP contribution >= 0.6 is 11.3 Å². The molecule has 0 saturated heterocycles. The Morgan fingerprint density at radius 2 is 1.73 bits per heavy atom. The van der Waals surface area contributed by atoms with Crippen LogP contribution in [0.2, 0.25) is 0 Å². The molecule has 1 aromatic carbocycles. The molecule has 2 rings (SSSR count). The Kier molecular flexibility index (Phi) is 2.52. The van der Waals surface area contributed by atoms with Crippen LogP contribution in [-0.4, -0.2) is 4.98 Å². The van der Waals surface area contributed by atoms with Gasteiger partial charge in [0.25, 0.3) is 0 Å². The number of benzene rings is 1. The first-order chi connectivity index (χ1) is 7.09. The van der Waals surface area contributed by atoms with E-state index in [1.807, 2.05) is 6.92 Å². The van der Waals surface area contributed by atoms with Gasteiger partial charge in [0.1, 0.15) is 11.6 Å². The predicted octanol–water partition coefficient (Wildman–Crippen LogP) is 3.71. The van der Waals surface area contributed by atoms with Crippen molar-refractivity contribution in [2.45, 2.75) is 13.8 Å². The highest BCUT2D eigenvalue weighted by Gasteiger charge is 2.16. The van der Waals surface area contributed by atoms with Crippen molar-refractivity contribution in [3.05, 3.63) is 40.5 Å². The SMILES string of the molecule is Cc1nc(C)c(-c2c(F)cccc2F)s1. The molecule has 78 valence electrons. The molecule has 15 heavy (non-hydrogen) atoms. The lowest BCUT2D eigenvalue weighted by molar-refractivity contribution is 0.590. The van der Waals surface area contributed by atoms with E-state index in [1.165, 1.54) is 29.5 Å². The standard InChI is InChI=1S/C11H9F2NS/c1-6-11(15-7(2)14-6)10-8(12)4-3-5-9(10)13/h3-5H,1-2H3. The molecule has 0 aliphatic heterocycles. The third kappa shape index (κ3) is 1.77. The van der Waals surface area contributed by atoms with E-state index < -0.39 is 11.6 Å². The summed E-state index contributed by atoms with van der Waals surface area (Å²) in [6, 6.07) is 3.87. The van der Waals surface area contributed by atoms with Gasteiger partial charge < -0.3 is 0 Å². The number of hydrogen-bond acceptors (Lipinski definition) is 2. The summed E-state index contributed by atoms with van der Waals surface area (Å²) < 4.78 is 26.9. The van der Waals surface area contributed by atoms with Crippen LogP contribution in [0.25, 0.3) is 10.4 Å². The molecule has 0 unspecified atom stereocenters. The Bertz CT molecular complexity index is 485. The fourth-order valence-corrected chi connectivity index (χ4v) is 2.45. The van der Waals surface area contributed by atoms with Crippen molar-refractivity contribution < 1.29 is 8.78 Å². The van der Waals surface area contributed by atoms with Crippen LogP contribution in [0, 0.1) is 25.5 Å². The van der Waals surface area contributed by atoms with Gasteiger partial charge in [-0.3, -0.25) is 0 Å². The molecular formula is C11H9F2NS. The van der Waals surface area contributed by atoms with Gasteiger partial charge in [-0.1, -0.05) is 6.07 Å². The fourth-order valence-electron chi connectivity index (χ4n) is 1.48. The molecule has 0 bridgehead atoms. The molecule has 1 heterocycles. The summed E-state index contributed by atoms with van der Waals surface area (Å²) in [7, 11) is 0. The molecule has 0 fully saturated rings. The minimum atomic E-state index is -0.540. The van der Waals surface area contributed by atoms with Crippen molar-refractivity contribution in [3.63, 3.8) is 0 Å². The summed E-state index contributed by atoms with van der Waals surface area (Å²) in [6.45, 7) is 3.57. The number of hydrogen-bond donors (Lipinski definition) is 0. The van der Waals surface area contributed by atoms with Crippen LogP contribution in [0.1, 0.15) is 10.7 Å². The molecule has 1 nitrogen and oxygen atoms in total. The zero-order valence-electron chi connectivity index (χ0n) is 8.34. The molecule has 2 aromatic rings. The second kappa shape index (κ2) is 3.70. The fraction of sp³-hybridized carbons (Fsp3) is 0.182. The van der Waals surface area contributed by atoms with E-state index in [2.05, 4.69) is 4.98 Å². The Balaban J connectivity index is 2.68. The second-order valence-corrected chi connectivity index (χ2v) is 4.45. The molecule has 0 amide bonds. The van der Waals surface area contributed by atoms with Gasteiger partial charge in [-0.15, -0.1) is 11.3 Å².